The van der Waals surface area contributed by atoms with Gasteiger partial charge in [0.05, 0.1) is 16.6 Å². The first-order valence-corrected chi connectivity index (χ1v) is 7.63. The number of hydrogen-bond donors (Lipinski definition) is 0. The van der Waals surface area contributed by atoms with E-state index in [4.69, 9.17) is 9.44 Å². The van der Waals surface area contributed by atoms with Crippen LogP contribution in [0.2, 0.25) is 0 Å². The van der Waals surface area contributed by atoms with Gasteiger partial charge < -0.3 is 4.18 Å². The van der Waals surface area contributed by atoms with E-state index in [2.05, 4.69) is 0 Å². The van der Waals surface area contributed by atoms with Gasteiger partial charge in [0, 0.05) is 12.1 Å². The van der Waals surface area contributed by atoms with Gasteiger partial charge in [0.2, 0.25) is 0 Å². The van der Waals surface area contributed by atoms with E-state index in [9.17, 15) is 18.5 Å². The highest BCUT2D eigenvalue weighted by Gasteiger charge is 2.15. The summed E-state index contributed by atoms with van der Waals surface area (Å²) in [4.78, 5) is 9.93. The number of nitriles is 1. The summed E-state index contributed by atoms with van der Waals surface area (Å²) in [6.07, 6.45) is 0. The average Bonchev–Trinajstić information content (AvgIpc) is 2.47. The smallest absolute Gasteiger partial charge is 0.313 e. The molecule has 0 aliphatic heterocycles. The van der Waals surface area contributed by atoms with Gasteiger partial charge in [-0.25, -0.2) is 0 Å². The first-order valence-electron chi connectivity index (χ1n) is 6.05. The van der Waals surface area contributed by atoms with Gasteiger partial charge >= 0.3 is 10.1 Å². The lowest BCUT2D eigenvalue weighted by molar-refractivity contribution is -0.384. The van der Waals surface area contributed by atoms with E-state index in [-0.39, 0.29) is 11.4 Å². The third-order valence-electron chi connectivity index (χ3n) is 2.67. The zero-order valence-corrected chi connectivity index (χ0v) is 12.0. The number of nitrogens with zero attached hydrogens (tertiary/aromatic N) is 2. The monoisotopic (exact) mass is 318 g/mol. The van der Waals surface area contributed by atoms with Crippen molar-refractivity contribution in [2.24, 2.45) is 0 Å². The number of benzene rings is 2. The number of nitro groups is 1. The third-order valence-corrected chi connectivity index (χ3v) is 3.80. The Morgan fingerprint density at radius 1 is 1.18 bits per heavy atom. The van der Waals surface area contributed by atoms with Crippen LogP contribution in [0.15, 0.2) is 48.5 Å². The molecule has 0 saturated heterocycles. The van der Waals surface area contributed by atoms with Gasteiger partial charge in [0.15, 0.2) is 0 Å². The molecule has 7 nitrogen and oxygen atoms in total. The second-order valence-corrected chi connectivity index (χ2v) is 5.92. The number of hydrogen-bond acceptors (Lipinski definition) is 6. The normalized spacial score (nSPS) is 10.7. The van der Waals surface area contributed by atoms with E-state index in [0.717, 1.165) is 12.1 Å². The molecule has 0 heterocycles. The molecule has 22 heavy (non-hydrogen) atoms. The molecule has 0 aromatic heterocycles. The molecular formula is C14H10N2O5S. The maximum Gasteiger partial charge on any atom is 0.313 e. The SMILES string of the molecule is N#Cc1cccc(CS(=O)(=O)Oc2ccc([N+](=O)[O-])cc2)c1. The van der Waals surface area contributed by atoms with Gasteiger partial charge in [-0.15, -0.1) is 0 Å². The Labute approximate surface area is 126 Å². The van der Waals surface area contributed by atoms with Crippen LogP contribution in [0.1, 0.15) is 11.1 Å². The highest BCUT2D eigenvalue weighted by molar-refractivity contribution is 7.86. The zero-order chi connectivity index (χ0) is 16.2. The van der Waals surface area contributed by atoms with Gasteiger partial charge in [0.25, 0.3) is 5.69 Å². The zero-order valence-electron chi connectivity index (χ0n) is 11.2. The summed E-state index contributed by atoms with van der Waals surface area (Å²) in [5.41, 5.74) is 0.607. The number of non-ortho nitro benzene ring substituents is 1. The van der Waals surface area contributed by atoms with Crippen molar-refractivity contribution < 1.29 is 17.5 Å². The third kappa shape index (κ3) is 4.04. The van der Waals surface area contributed by atoms with Gasteiger partial charge in [-0.3, -0.25) is 10.1 Å². The first-order chi connectivity index (χ1) is 10.4. The van der Waals surface area contributed by atoms with Crippen LogP contribution >= 0.6 is 0 Å². The van der Waals surface area contributed by atoms with Gasteiger partial charge in [-0.2, -0.15) is 13.7 Å². The van der Waals surface area contributed by atoms with E-state index in [1.807, 2.05) is 6.07 Å². The Hall–Kier alpha value is -2.92. The van der Waals surface area contributed by atoms with Crippen LogP contribution in [-0.2, 0) is 15.9 Å². The minimum atomic E-state index is -3.93. The molecule has 0 aliphatic carbocycles. The van der Waals surface area contributed by atoms with Gasteiger partial charge in [0.1, 0.15) is 11.5 Å². The molecule has 0 aliphatic rings. The maximum absolute atomic E-state index is 11.9. The lowest BCUT2D eigenvalue weighted by Gasteiger charge is -2.07. The highest BCUT2D eigenvalue weighted by Crippen LogP contribution is 2.20. The van der Waals surface area contributed by atoms with Crippen molar-refractivity contribution >= 4 is 15.8 Å². The summed E-state index contributed by atoms with van der Waals surface area (Å²) < 4.78 is 28.8. The maximum atomic E-state index is 11.9. The standard InChI is InChI=1S/C14H10N2O5S/c15-9-11-2-1-3-12(8-11)10-22(19,20)21-14-6-4-13(5-7-14)16(17)18/h1-8H,10H2. The van der Waals surface area contributed by atoms with E-state index >= 15 is 0 Å². The highest BCUT2D eigenvalue weighted by atomic mass is 32.2. The van der Waals surface area contributed by atoms with Crippen molar-refractivity contribution in [1.82, 2.24) is 0 Å². The van der Waals surface area contributed by atoms with Crippen LogP contribution in [0.5, 0.6) is 5.75 Å². The Balaban J connectivity index is 2.13. The summed E-state index contributed by atoms with van der Waals surface area (Å²) in [7, 11) is -3.93. The largest absolute Gasteiger partial charge is 0.382 e. The molecule has 0 N–H and O–H groups in total. The Morgan fingerprint density at radius 3 is 2.45 bits per heavy atom. The van der Waals surface area contributed by atoms with E-state index < -0.39 is 20.8 Å². The summed E-state index contributed by atoms with van der Waals surface area (Å²) in [6.45, 7) is 0. The lowest BCUT2D eigenvalue weighted by Crippen LogP contribution is -2.12. The van der Waals surface area contributed by atoms with Crippen LogP contribution < -0.4 is 4.18 Å². The molecule has 0 radical (unpaired) electrons. The molecule has 0 unspecified atom stereocenters. The molecular weight excluding hydrogens is 308 g/mol. The minimum absolute atomic E-state index is 0.0120. The summed E-state index contributed by atoms with van der Waals surface area (Å²) in [5.74, 6) is -0.415. The second-order valence-electron chi connectivity index (χ2n) is 4.35. The molecule has 2 aromatic rings. The predicted octanol–water partition coefficient (Wildman–Crippen LogP) is 2.38. The average molecular weight is 318 g/mol. The van der Waals surface area contributed by atoms with Crippen LogP contribution in [0.3, 0.4) is 0 Å². The van der Waals surface area contributed by atoms with Crippen molar-refractivity contribution in [2.45, 2.75) is 5.75 Å². The van der Waals surface area contributed by atoms with Gasteiger partial charge in [-0.1, -0.05) is 12.1 Å². The molecule has 0 atom stereocenters. The van der Waals surface area contributed by atoms with E-state index in [0.29, 0.717) is 11.1 Å². The molecule has 8 heteroatoms. The van der Waals surface area contributed by atoms with Crippen molar-refractivity contribution in [3.05, 3.63) is 69.8 Å². The fourth-order valence-corrected chi connectivity index (χ4v) is 2.79. The fourth-order valence-electron chi connectivity index (χ4n) is 1.73. The topological polar surface area (TPSA) is 110 Å². The molecule has 2 aromatic carbocycles. The molecule has 0 spiro atoms. The Bertz CT molecular complexity index is 838. The van der Waals surface area contributed by atoms with Crippen molar-refractivity contribution in [3.63, 3.8) is 0 Å². The summed E-state index contributed by atoms with van der Waals surface area (Å²) >= 11 is 0. The van der Waals surface area contributed by atoms with Crippen LogP contribution in [0.25, 0.3) is 0 Å². The Kier molecular flexibility index (Phi) is 4.39. The summed E-state index contributed by atoms with van der Waals surface area (Å²) in [5, 5.41) is 19.3. The fraction of sp³-hybridized carbons (Fsp3) is 0.0714. The molecule has 0 saturated carbocycles. The summed E-state index contributed by atoms with van der Waals surface area (Å²) in [6, 6.07) is 12.8. The second kappa shape index (κ2) is 6.24. The molecule has 2 rings (SSSR count). The number of rotatable bonds is 5. The first kappa shape index (κ1) is 15.5. The molecule has 112 valence electrons. The van der Waals surface area contributed by atoms with Crippen molar-refractivity contribution in [3.8, 4) is 11.8 Å². The minimum Gasteiger partial charge on any atom is -0.382 e. The Morgan fingerprint density at radius 2 is 1.86 bits per heavy atom. The van der Waals surface area contributed by atoms with Crippen molar-refractivity contribution in [2.75, 3.05) is 0 Å². The molecule has 0 fully saturated rings. The van der Waals surface area contributed by atoms with E-state index in [1.165, 1.54) is 18.2 Å². The predicted molar refractivity (Wildman–Crippen MR) is 77.5 cm³/mol. The molecule has 0 bridgehead atoms. The van der Waals surface area contributed by atoms with Gasteiger partial charge in [-0.05, 0) is 29.8 Å². The van der Waals surface area contributed by atoms with Crippen molar-refractivity contribution in [1.29, 1.82) is 5.26 Å². The quantitative estimate of drug-likeness (QED) is 0.475. The van der Waals surface area contributed by atoms with Crippen LogP contribution in [0.4, 0.5) is 5.69 Å². The molecule has 0 amide bonds. The number of nitro benzene ring substituents is 1. The van der Waals surface area contributed by atoms with E-state index in [1.54, 1.807) is 18.2 Å². The lowest BCUT2D eigenvalue weighted by atomic mass is 10.2. The van der Waals surface area contributed by atoms with Crippen LogP contribution in [0, 0.1) is 21.4 Å². The van der Waals surface area contributed by atoms with Crippen LogP contribution in [-0.4, -0.2) is 13.3 Å².